The maximum atomic E-state index is 12.2. The van der Waals surface area contributed by atoms with Gasteiger partial charge in [0.25, 0.3) is 5.91 Å². The third-order valence-corrected chi connectivity index (χ3v) is 3.61. The zero-order chi connectivity index (χ0) is 14.0. The van der Waals surface area contributed by atoms with Crippen LogP contribution in [0.5, 0.6) is 0 Å². The molecule has 0 aliphatic heterocycles. The van der Waals surface area contributed by atoms with Gasteiger partial charge in [0.2, 0.25) is 0 Å². The smallest absolute Gasteiger partial charge is 0.257 e. The van der Waals surface area contributed by atoms with Crippen molar-refractivity contribution in [2.75, 3.05) is 5.32 Å². The Bertz CT molecular complexity index is 638. The number of hydrogen-bond donors (Lipinski definition) is 1. The Kier molecular flexibility index (Phi) is 4.13. The summed E-state index contributed by atoms with van der Waals surface area (Å²) in [6.07, 6.45) is 0. The number of halogens is 2. The van der Waals surface area contributed by atoms with Crippen molar-refractivity contribution in [1.29, 1.82) is 0 Å². The lowest BCUT2D eigenvalue weighted by molar-refractivity contribution is 0.102. The summed E-state index contributed by atoms with van der Waals surface area (Å²) in [6.45, 7) is 3.78. The molecule has 2 aromatic carbocycles. The Balaban J connectivity index is 2.28. The summed E-state index contributed by atoms with van der Waals surface area (Å²) < 4.78 is 0. The molecule has 1 N–H and O–H groups in total. The minimum absolute atomic E-state index is 0.240. The van der Waals surface area contributed by atoms with Crippen LogP contribution in [-0.4, -0.2) is 5.91 Å². The Morgan fingerprint density at radius 3 is 2.47 bits per heavy atom. The van der Waals surface area contributed by atoms with Gasteiger partial charge < -0.3 is 5.32 Å². The summed E-state index contributed by atoms with van der Waals surface area (Å²) in [5.74, 6) is -0.240. The molecule has 0 bridgehead atoms. The summed E-state index contributed by atoms with van der Waals surface area (Å²) in [5, 5.41) is 3.88. The second-order valence-electron chi connectivity index (χ2n) is 4.35. The number of benzene rings is 2. The zero-order valence-corrected chi connectivity index (χ0v) is 12.1. The molecule has 0 aliphatic rings. The predicted octanol–water partition coefficient (Wildman–Crippen LogP) is 4.86. The molecule has 98 valence electrons. The van der Waals surface area contributed by atoms with E-state index in [-0.39, 0.29) is 5.91 Å². The molecular formula is C15H13Cl2NO. The predicted molar refractivity (Wildman–Crippen MR) is 80.3 cm³/mol. The molecule has 0 unspecified atom stereocenters. The average molecular weight is 294 g/mol. The van der Waals surface area contributed by atoms with Gasteiger partial charge in [-0.25, -0.2) is 0 Å². The molecule has 0 fully saturated rings. The Morgan fingerprint density at radius 1 is 1.05 bits per heavy atom. The zero-order valence-electron chi connectivity index (χ0n) is 10.6. The number of aryl methyl sites for hydroxylation is 1. The molecule has 0 aliphatic carbocycles. The molecular weight excluding hydrogens is 281 g/mol. The minimum Gasteiger partial charge on any atom is -0.322 e. The lowest BCUT2D eigenvalue weighted by atomic mass is 10.1. The molecule has 2 aromatic rings. The number of anilines is 1. The number of carbonyl (C=O) groups excluding carboxylic acids is 1. The van der Waals surface area contributed by atoms with Crippen molar-refractivity contribution in [3.05, 3.63) is 63.1 Å². The fourth-order valence-electron chi connectivity index (χ4n) is 1.74. The van der Waals surface area contributed by atoms with Crippen molar-refractivity contribution in [3.8, 4) is 0 Å². The highest BCUT2D eigenvalue weighted by Crippen LogP contribution is 2.25. The van der Waals surface area contributed by atoms with E-state index in [0.717, 1.165) is 11.1 Å². The first kappa shape index (κ1) is 13.9. The fourth-order valence-corrected chi connectivity index (χ4v) is 2.23. The molecule has 2 nitrogen and oxygen atoms in total. The number of carbonyl (C=O) groups is 1. The van der Waals surface area contributed by atoms with Crippen LogP contribution >= 0.6 is 23.2 Å². The van der Waals surface area contributed by atoms with Crippen LogP contribution in [0, 0.1) is 13.8 Å². The first-order chi connectivity index (χ1) is 8.99. The highest BCUT2D eigenvalue weighted by atomic mass is 35.5. The number of nitrogens with one attached hydrogen (secondary N) is 1. The quantitative estimate of drug-likeness (QED) is 0.841. The summed E-state index contributed by atoms with van der Waals surface area (Å²) >= 11 is 12.1. The van der Waals surface area contributed by atoms with Crippen LogP contribution in [0.2, 0.25) is 10.0 Å². The van der Waals surface area contributed by atoms with Crippen LogP contribution in [0.4, 0.5) is 5.69 Å². The van der Waals surface area contributed by atoms with Crippen molar-refractivity contribution < 1.29 is 4.79 Å². The first-order valence-corrected chi connectivity index (χ1v) is 6.57. The van der Waals surface area contributed by atoms with E-state index >= 15 is 0 Å². The first-order valence-electron chi connectivity index (χ1n) is 5.81. The SMILES string of the molecule is Cc1ccc(C(=O)Nc2cccc(Cl)c2C)c(Cl)c1. The van der Waals surface area contributed by atoms with E-state index in [2.05, 4.69) is 5.32 Å². The normalized spacial score (nSPS) is 10.3. The highest BCUT2D eigenvalue weighted by molar-refractivity contribution is 6.34. The Labute approximate surface area is 122 Å². The minimum atomic E-state index is -0.240. The lowest BCUT2D eigenvalue weighted by Gasteiger charge is -2.10. The maximum Gasteiger partial charge on any atom is 0.257 e. The Hall–Kier alpha value is -1.51. The third kappa shape index (κ3) is 3.09. The Morgan fingerprint density at radius 2 is 1.79 bits per heavy atom. The van der Waals surface area contributed by atoms with Crippen molar-refractivity contribution in [2.24, 2.45) is 0 Å². The molecule has 2 rings (SSSR count). The number of amides is 1. The van der Waals surface area contributed by atoms with Gasteiger partial charge in [0.05, 0.1) is 10.6 Å². The van der Waals surface area contributed by atoms with E-state index < -0.39 is 0 Å². The molecule has 1 amide bonds. The summed E-state index contributed by atoms with van der Waals surface area (Å²) in [4.78, 5) is 12.2. The van der Waals surface area contributed by atoms with Crippen molar-refractivity contribution in [3.63, 3.8) is 0 Å². The fraction of sp³-hybridized carbons (Fsp3) is 0.133. The van der Waals surface area contributed by atoms with Gasteiger partial charge in [-0.1, -0.05) is 35.3 Å². The van der Waals surface area contributed by atoms with E-state index in [0.29, 0.717) is 21.3 Å². The standard InChI is InChI=1S/C15H13Cl2NO/c1-9-6-7-11(13(17)8-9)15(19)18-14-5-3-4-12(16)10(14)2/h3-8H,1-2H3,(H,18,19). The van der Waals surface area contributed by atoms with Crippen LogP contribution < -0.4 is 5.32 Å². The second kappa shape index (κ2) is 5.64. The highest BCUT2D eigenvalue weighted by Gasteiger charge is 2.12. The summed E-state index contributed by atoms with van der Waals surface area (Å²) in [7, 11) is 0. The van der Waals surface area contributed by atoms with Gasteiger partial charge in [-0.15, -0.1) is 0 Å². The molecule has 0 aromatic heterocycles. The molecule has 4 heteroatoms. The maximum absolute atomic E-state index is 12.2. The van der Waals surface area contributed by atoms with E-state index in [1.54, 1.807) is 30.3 Å². The monoisotopic (exact) mass is 293 g/mol. The summed E-state index contributed by atoms with van der Waals surface area (Å²) in [5.41, 5.74) is 2.99. The van der Waals surface area contributed by atoms with Gasteiger partial charge in [0.1, 0.15) is 0 Å². The molecule has 0 radical (unpaired) electrons. The van der Waals surface area contributed by atoms with Crippen molar-refractivity contribution in [1.82, 2.24) is 0 Å². The number of hydrogen-bond acceptors (Lipinski definition) is 1. The molecule has 0 heterocycles. The summed E-state index contributed by atoms with van der Waals surface area (Å²) in [6, 6.07) is 10.7. The van der Waals surface area contributed by atoms with Crippen LogP contribution in [-0.2, 0) is 0 Å². The van der Waals surface area contributed by atoms with Gasteiger partial charge in [-0.3, -0.25) is 4.79 Å². The van der Waals surface area contributed by atoms with Crippen LogP contribution in [0.1, 0.15) is 21.5 Å². The van der Waals surface area contributed by atoms with Gasteiger partial charge in [0, 0.05) is 10.7 Å². The van der Waals surface area contributed by atoms with E-state index in [1.807, 2.05) is 19.9 Å². The van der Waals surface area contributed by atoms with Crippen LogP contribution in [0.15, 0.2) is 36.4 Å². The molecule has 0 saturated heterocycles. The molecule has 19 heavy (non-hydrogen) atoms. The van der Waals surface area contributed by atoms with Crippen molar-refractivity contribution >= 4 is 34.8 Å². The molecule has 0 saturated carbocycles. The topological polar surface area (TPSA) is 29.1 Å². The van der Waals surface area contributed by atoms with E-state index in [1.165, 1.54) is 0 Å². The van der Waals surface area contributed by atoms with Crippen LogP contribution in [0.25, 0.3) is 0 Å². The second-order valence-corrected chi connectivity index (χ2v) is 5.16. The molecule has 0 spiro atoms. The largest absolute Gasteiger partial charge is 0.322 e. The average Bonchev–Trinajstić information content (AvgIpc) is 2.34. The van der Waals surface area contributed by atoms with Gasteiger partial charge in [0.15, 0.2) is 0 Å². The lowest BCUT2D eigenvalue weighted by Crippen LogP contribution is -2.13. The van der Waals surface area contributed by atoms with E-state index in [4.69, 9.17) is 23.2 Å². The number of rotatable bonds is 2. The van der Waals surface area contributed by atoms with Gasteiger partial charge in [-0.2, -0.15) is 0 Å². The van der Waals surface area contributed by atoms with Crippen molar-refractivity contribution in [2.45, 2.75) is 13.8 Å². The van der Waals surface area contributed by atoms with Gasteiger partial charge >= 0.3 is 0 Å². The van der Waals surface area contributed by atoms with Gasteiger partial charge in [-0.05, 0) is 49.2 Å². The van der Waals surface area contributed by atoms with Crippen LogP contribution in [0.3, 0.4) is 0 Å². The molecule has 0 atom stereocenters. The third-order valence-electron chi connectivity index (χ3n) is 2.89. The van der Waals surface area contributed by atoms with E-state index in [9.17, 15) is 4.79 Å².